The van der Waals surface area contributed by atoms with Gasteiger partial charge in [-0.25, -0.2) is 4.39 Å². The first-order chi connectivity index (χ1) is 11.5. The molecule has 2 aromatic rings. The standard InChI is InChI=1S/C18H19FN2O2S/c1-12(2)18(23)21-14-9-7-13(8-10-14)20-17(22)11-24-16-6-4-3-5-15(16)19/h3-10,12H,11H2,1-2H3,(H,20,22)(H,21,23). The zero-order valence-electron chi connectivity index (χ0n) is 13.5. The maximum Gasteiger partial charge on any atom is 0.234 e. The number of carbonyl (C=O) groups is 2. The number of nitrogens with one attached hydrogen (secondary N) is 2. The predicted octanol–water partition coefficient (Wildman–Crippen LogP) is 4.15. The first-order valence-electron chi connectivity index (χ1n) is 7.54. The number of anilines is 2. The van der Waals surface area contributed by atoms with E-state index in [4.69, 9.17) is 0 Å². The van der Waals surface area contributed by atoms with Crippen LogP contribution in [-0.4, -0.2) is 17.6 Å². The van der Waals surface area contributed by atoms with Gasteiger partial charge in [-0.2, -0.15) is 0 Å². The number of halogens is 1. The third-order valence-corrected chi connectivity index (χ3v) is 4.20. The summed E-state index contributed by atoms with van der Waals surface area (Å²) in [4.78, 5) is 24.0. The number of hydrogen-bond donors (Lipinski definition) is 2. The summed E-state index contributed by atoms with van der Waals surface area (Å²) in [6, 6.07) is 13.2. The van der Waals surface area contributed by atoms with Crippen LogP contribution >= 0.6 is 11.8 Å². The highest BCUT2D eigenvalue weighted by molar-refractivity contribution is 8.00. The van der Waals surface area contributed by atoms with Crippen molar-refractivity contribution in [3.8, 4) is 0 Å². The minimum atomic E-state index is -0.333. The Morgan fingerprint density at radius 1 is 1.00 bits per heavy atom. The van der Waals surface area contributed by atoms with Crippen LogP contribution in [0.2, 0.25) is 0 Å². The molecule has 0 unspecified atom stereocenters. The van der Waals surface area contributed by atoms with Gasteiger partial charge in [-0.3, -0.25) is 9.59 Å². The molecule has 2 aromatic carbocycles. The molecule has 0 aliphatic rings. The average Bonchev–Trinajstić information content (AvgIpc) is 2.56. The lowest BCUT2D eigenvalue weighted by atomic mass is 10.2. The van der Waals surface area contributed by atoms with Gasteiger partial charge in [0.2, 0.25) is 11.8 Å². The Labute approximate surface area is 144 Å². The van der Waals surface area contributed by atoms with Gasteiger partial charge in [0.15, 0.2) is 0 Å². The van der Waals surface area contributed by atoms with Gasteiger partial charge >= 0.3 is 0 Å². The molecule has 0 saturated carbocycles. The molecule has 0 radical (unpaired) electrons. The monoisotopic (exact) mass is 346 g/mol. The van der Waals surface area contributed by atoms with Crippen molar-refractivity contribution in [3.05, 3.63) is 54.3 Å². The molecule has 0 saturated heterocycles. The van der Waals surface area contributed by atoms with Crippen LogP contribution in [0.15, 0.2) is 53.4 Å². The van der Waals surface area contributed by atoms with E-state index in [-0.39, 0.29) is 29.3 Å². The Kier molecular flexibility index (Phi) is 6.37. The van der Waals surface area contributed by atoms with Gasteiger partial charge in [-0.05, 0) is 36.4 Å². The van der Waals surface area contributed by atoms with Crippen molar-refractivity contribution in [1.29, 1.82) is 0 Å². The Morgan fingerprint density at radius 2 is 1.58 bits per heavy atom. The molecule has 4 nitrogen and oxygen atoms in total. The molecule has 0 aliphatic carbocycles. The highest BCUT2D eigenvalue weighted by Gasteiger charge is 2.08. The molecule has 0 aromatic heterocycles. The molecule has 2 amide bonds. The van der Waals surface area contributed by atoms with Crippen molar-refractivity contribution in [2.75, 3.05) is 16.4 Å². The van der Waals surface area contributed by atoms with E-state index in [1.165, 1.54) is 6.07 Å². The molecule has 6 heteroatoms. The van der Waals surface area contributed by atoms with E-state index < -0.39 is 0 Å². The fourth-order valence-corrected chi connectivity index (χ4v) is 2.57. The molecule has 0 atom stereocenters. The molecular weight excluding hydrogens is 327 g/mol. The van der Waals surface area contributed by atoms with Crippen LogP contribution in [0, 0.1) is 11.7 Å². The van der Waals surface area contributed by atoms with Crippen LogP contribution < -0.4 is 10.6 Å². The molecule has 2 rings (SSSR count). The number of benzene rings is 2. The van der Waals surface area contributed by atoms with Crippen molar-refractivity contribution < 1.29 is 14.0 Å². The molecule has 0 heterocycles. The highest BCUT2D eigenvalue weighted by Crippen LogP contribution is 2.21. The van der Waals surface area contributed by atoms with Gasteiger partial charge in [0.1, 0.15) is 5.82 Å². The van der Waals surface area contributed by atoms with E-state index in [9.17, 15) is 14.0 Å². The lowest BCUT2D eigenvalue weighted by Crippen LogP contribution is -2.18. The van der Waals surface area contributed by atoms with Crippen LogP contribution in [0.3, 0.4) is 0 Å². The van der Waals surface area contributed by atoms with Gasteiger partial charge in [-0.15, -0.1) is 11.8 Å². The predicted molar refractivity (Wildman–Crippen MR) is 95.7 cm³/mol. The smallest absolute Gasteiger partial charge is 0.234 e. The summed E-state index contributed by atoms with van der Waals surface area (Å²) in [6.45, 7) is 3.63. The molecule has 0 bridgehead atoms. The molecular formula is C18H19FN2O2S. The van der Waals surface area contributed by atoms with Crippen molar-refractivity contribution in [1.82, 2.24) is 0 Å². The third-order valence-electron chi connectivity index (χ3n) is 3.16. The van der Waals surface area contributed by atoms with Crippen LogP contribution in [0.1, 0.15) is 13.8 Å². The van der Waals surface area contributed by atoms with Crippen molar-refractivity contribution >= 4 is 35.0 Å². The van der Waals surface area contributed by atoms with Crippen molar-refractivity contribution in [3.63, 3.8) is 0 Å². The van der Waals surface area contributed by atoms with Gasteiger partial charge in [0.05, 0.1) is 5.75 Å². The topological polar surface area (TPSA) is 58.2 Å². The molecule has 126 valence electrons. The van der Waals surface area contributed by atoms with Crippen LogP contribution in [0.25, 0.3) is 0 Å². The Hall–Kier alpha value is -2.34. The van der Waals surface area contributed by atoms with E-state index in [0.717, 1.165) is 11.8 Å². The summed E-state index contributed by atoms with van der Waals surface area (Å²) in [5.74, 6) is -0.595. The van der Waals surface area contributed by atoms with E-state index in [1.807, 2.05) is 13.8 Å². The number of rotatable bonds is 6. The zero-order chi connectivity index (χ0) is 17.5. The average molecular weight is 346 g/mol. The van der Waals surface area contributed by atoms with Crippen LogP contribution in [-0.2, 0) is 9.59 Å². The van der Waals surface area contributed by atoms with Crippen LogP contribution in [0.5, 0.6) is 0 Å². The van der Waals surface area contributed by atoms with Gasteiger partial charge in [0, 0.05) is 22.2 Å². The quantitative estimate of drug-likeness (QED) is 0.773. The Balaban J connectivity index is 1.86. The summed E-state index contributed by atoms with van der Waals surface area (Å²) in [5, 5.41) is 5.52. The first-order valence-corrected chi connectivity index (χ1v) is 8.52. The van der Waals surface area contributed by atoms with E-state index >= 15 is 0 Å². The molecule has 0 fully saturated rings. The second-order valence-electron chi connectivity index (χ2n) is 5.49. The van der Waals surface area contributed by atoms with Crippen molar-refractivity contribution in [2.24, 2.45) is 5.92 Å². The van der Waals surface area contributed by atoms with E-state index in [1.54, 1.807) is 42.5 Å². The van der Waals surface area contributed by atoms with Gasteiger partial charge in [0.25, 0.3) is 0 Å². The maximum absolute atomic E-state index is 13.5. The summed E-state index contributed by atoms with van der Waals surface area (Å²) in [5.41, 5.74) is 1.30. The second kappa shape index (κ2) is 8.49. The number of hydrogen-bond acceptors (Lipinski definition) is 3. The molecule has 24 heavy (non-hydrogen) atoms. The summed E-state index contributed by atoms with van der Waals surface area (Å²) in [6.07, 6.45) is 0. The second-order valence-corrected chi connectivity index (χ2v) is 6.51. The van der Waals surface area contributed by atoms with Crippen LogP contribution in [0.4, 0.5) is 15.8 Å². The fraction of sp³-hybridized carbons (Fsp3) is 0.222. The number of amides is 2. The summed E-state index contributed by atoms with van der Waals surface area (Å²) < 4.78 is 13.5. The molecule has 2 N–H and O–H groups in total. The lowest BCUT2D eigenvalue weighted by Gasteiger charge is -2.09. The normalized spacial score (nSPS) is 10.5. The molecule has 0 aliphatic heterocycles. The summed E-state index contributed by atoms with van der Waals surface area (Å²) in [7, 11) is 0. The maximum atomic E-state index is 13.5. The van der Waals surface area contributed by atoms with E-state index in [0.29, 0.717) is 16.3 Å². The number of carbonyl (C=O) groups excluding carboxylic acids is 2. The summed E-state index contributed by atoms with van der Waals surface area (Å²) >= 11 is 1.15. The third kappa shape index (κ3) is 5.38. The Morgan fingerprint density at radius 3 is 2.17 bits per heavy atom. The van der Waals surface area contributed by atoms with Crippen molar-refractivity contribution in [2.45, 2.75) is 18.7 Å². The van der Waals surface area contributed by atoms with Gasteiger partial charge < -0.3 is 10.6 Å². The minimum absolute atomic E-state index is 0.0620. The minimum Gasteiger partial charge on any atom is -0.326 e. The first kappa shape index (κ1) is 18.0. The lowest BCUT2D eigenvalue weighted by molar-refractivity contribution is -0.119. The highest BCUT2D eigenvalue weighted by atomic mass is 32.2. The number of thioether (sulfide) groups is 1. The fourth-order valence-electron chi connectivity index (χ4n) is 1.83. The Bertz CT molecular complexity index is 717. The zero-order valence-corrected chi connectivity index (χ0v) is 14.3. The SMILES string of the molecule is CC(C)C(=O)Nc1ccc(NC(=O)CSc2ccccc2F)cc1. The van der Waals surface area contributed by atoms with Gasteiger partial charge in [-0.1, -0.05) is 26.0 Å². The van der Waals surface area contributed by atoms with E-state index in [2.05, 4.69) is 10.6 Å². The largest absolute Gasteiger partial charge is 0.326 e. The molecule has 0 spiro atoms.